The van der Waals surface area contributed by atoms with Crippen molar-refractivity contribution in [2.75, 3.05) is 24.6 Å². The maximum absolute atomic E-state index is 11.1. The number of hydrogen-bond donors (Lipinski definition) is 2. The molecule has 0 aromatic rings. The van der Waals surface area contributed by atoms with Crippen LogP contribution < -0.4 is 5.32 Å². The summed E-state index contributed by atoms with van der Waals surface area (Å²) in [6, 6.07) is 0. The van der Waals surface area contributed by atoms with Crippen molar-refractivity contribution in [1.82, 2.24) is 5.32 Å². The molecule has 4 heteroatoms. The van der Waals surface area contributed by atoms with Gasteiger partial charge in [0.05, 0.1) is 5.92 Å². The molecular formula is C13H25NO2S. The highest BCUT2D eigenvalue weighted by atomic mass is 32.2. The first-order valence-electron chi connectivity index (χ1n) is 6.77. The molecular weight excluding hydrogens is 234 g/mol. The molecule has 17 heavy (non-hydrogen) atoms. The number of rotatable bonds is 8. The summed E-state index contributed by atoms with van der Waals surface area (Å²) in [4.78, 5) is 11.1. The van der Waals surface area contributed by atoms with E-state index in [0.29, 0.717) is 5.92 Å². The third-order valence-electron chi connectivity index (χ3n) is 3.48. The lowest BCUT2D eigenvalue weighted by Crippen LogP contribution is -2.35. The number of carboxylic acid groups (broad SMARTS) is 1. The van der Waals surface area contributed by atoms with Crippen LogP contribution in [0.1, 0.15) is 39.0 Å². The van der Waals surface area contributed by atoms with Gasteiger partial charge in [0.15, 0.2) is 0 Å². The van der Waals surface area contributed by atoms with Crippen LogP contribution in [0.3, 0.4) is 0 Å². The van der Waals surface area contributed by atoms with E-state index in [2.05, 4.69) is 12.2 Å². The Kier molecular flexibility index (Phi) is 7.69. The summed E-state index contributed by atoms with van der Waals surface area (Å²) in [7, 11) is 0. The first kappa shape index (κ1) is 14.8. The molecule has 2 unspecified atom stereocenters. The molecule has 2 N–H and O–H groups in total. The van der Waals surface area contributed by atoms with E-state index >= 15 is 0 Å². The van der Waals surface area contributed by atoms with Crippen LogP contribution in [-0.4, -0.2) is 35.7 Å². The van der Waals surface area contributed by atoms with E-state index in [1.807, 2.05) is 11.8 Å². The monoisotopic (exact) mass is 259 g/mol. The number of aliphatic carboxylic acids is 1. The molecule has 0 spiro atoms. The highest BCUT2D eigenvalue weighted by Gasteiger charge is 2.30. The summed E-state index contributed by atoms with van der Waals surface area (Å²) in [5.41, 5.74) is 0. The Bertz CT molecular complexity index is 223. The van der Waals surface area contributed by atoms with Gasteiger partial charge in [0, 0.05) is 0 Å². The average molecular weight is 259 g/mol. The van der Waals surface area contributed by atoms with Crippen LogP contribution in [0.15, 0.2) is 0 Å². The number of carboxylic acids is 1. The molecule has 0 amide bonds. The summed E-state index contributed by atoms with van der Waals surface area (Å²) in [6.07, 6.45) is 5.41. The SMILES string of the molecule is CCSCCCNCC1CCCCC1C(=O)O. The molecule has 1 aliphatic rings. The normalized spacial score (nSPS) is 24.8. The summed E-state index contributed by atoms with van der Waals surface area (Å²) in [5, 5.41) is 12.6. The van der Waals surface area contributed by atoms with Crippen LogP contribution in [0.2, 0.25) is 0 Å². The standard InChI is InChI=1S/C13H25NO2S/c1-2-17-9-5-8-14-10-11-6-3-4-7-12(11)13(15)16/h11-12,14H,2-10H2,1H3,(H,15,16). The molecule has 1 aliphatic carbocycles. The van der Waals surface area contributed by atoms with E-state index in [-0.39, 0.29) is 5.92 Å². The van der Waals surface area contributed by atoms with Crippen LogP contribution >= 0.6 is 11.8 Å². The van der Waals surface area contributed by atoms with Crippen molar-refractivity contribution in [3.05, 3.63) is 0 Å². The lowest BCUT2D eigenvalue weighted by Gasteiger charge is -2.28. The van der Waals surface area contributed by atoms with Gasteiger partial charge in [-0.05, 0) is 49.8 Å². The number of hydrogen-bond acceptors (Lipinski definition) is 3. The minimum Gasteiger partial charge on any atom is -0.481 e. The highest BCUT2D eigenvalue weighted by Crippen LogP contribution is 2.29. The van der Waals surface area contributed by atoms with Gasteiger partial charge in [-0.2, -0.15) is 11.8 Å². The van der Waals surface area contributed by atoms with Crippen molar-refractivity contribution in [3.63, 3.8) is 0 Å². The van der Waals surface area contributed by atoms with Crippen molar-refractivity contribution in [2.24, 2.45) is 11.8 Å². The largest absolute Gasteiger partial charge is 0.481 e. The van der Waals surface area contributed by atoms with Crippen LogP contribution in [0.25, 0.3) is 0 Å². The number of carbonyl (C=O) groups is 1. The second-order valence-electron chi connectivity index (χ2n) is 4.74. The zero-order chi connectivity index (χ0) is 12.5. The Morgan fingerprint density at radius 3 is 2.88 bits per heavy atom. The Morgan fingerprint density at radius 2 is 2.18 bits per heavy atom. The van der Waals surface area contributed by atoms with Crippen molar-refractivity contribution in [1.29, 1.82) is 0 Å². The van der Waals surface area contributed by atoms with Gasteiger partial charge in [-0.1, -0.05) is 19.8 Å². The van der Waals surface area contributed by atoms with Crippen molar-refractivity contribution in [3.8, 4) is 0 Å². The minimum absolute atomic E-state index is 0.110. The van der Waals surface area contributed by atoms with Crippen LogP contribution in [0.5, 0.6) is 0 Å². The summed E-state index contributed by atoms with van der Waals surface area (Å²) in [5.74, 6) is 2.03. The molecule has 0 radical (unpaired) electrons. The fourth-order valence-corrected chi connectivity index (χ4v) is 3.15. The third kappa shape index (κ3) is 5.77. The topological polar surface area (TPSA) is 49.3 Å². The minimum atomic E-state index is -0.599. The van der Waals surface area contributed by atoms with Crippen molar-refractivity contribution >= 4 is 17.7 Å². The first-order chi connectivity index (χ1) is 8.25. The molecule has 1 rings (SSSR count). The van der Waals surface area contributed by atoms with Gasteiger partial charge < -0.3 is 10.4 Å². The molecule has 0 heterocycles. The molecule has 0 aromatic heterocycles. The zero-order valence-corrected chi connectivity index (χ0v) is 11.6. The Morgan fingerprint density at radius 1 is 1.41 bits per heavy atom. The first-order valence-corrected chi connectivity index (χ1v) is 7.92. The second-order valence-corrected chi connectivity index (χ2v) is 6.14. The number of nitrogens with one attached hydrogen (secondary N) is 1. The second kappa shape index (κ2) is 8.81. The average Bonchev–Trinajstić information content (AvgIpc) is 2.34. The Labute approximate surface area is 109 Å². The molecule has 0 aromatic carbocycles. The molecule has 100 valence electrons. The Balaban J connectivity index is 2.13. The van der Waals surface area contributed by atoms with E-state index in [9.17, 15) is 4.79 Å². The Hall–Kier alpha value is -0.220. The zero-order valence-electron chi connectivity index (χ0n) is 10.8. The molecule has 1 fully saturated rings. The van der Waals surface area contributed by atoms with Crippen LogP contribution in [-0.2, 0) is 4.79 Å². The predicted molar refractivity (Wildman–Crippen MR) is 73.6 cm³/mol. The summed E-state index contributed by atoms with van der Waals surface area (Å²) >= 11 is 1.97. The highest BCUT2D eigenvalue weighted by molar-refractivity contribution is 7.99. The van der Waals surface area contributed by atoms with E-state index < -0.39 is 5.97 Å². The van der Waals surface area contributed by atoms with Gasteiger partial charge in [0.2, 0.25) is 0 Å². The van der Waals surface area contributed by atoms with Crippen molar-refractivity contribution in [2.45, 2.75) is 39.0 Å². The maximum Gasteiger partial charge on any atom is 0.306 e. The van der Waals surface area contributed by atoms with E-state index in [0.717, 1.165) is 32.4 Å². The predicted octanol–water partition coefficient (Wildman–Crippen LogP) is 2.61. The molecule has 0 bridgehead atoms. The molecule has 3 nitrogen and oxygen atoms in total. The molecule has 2 atom stereocenters. The van der Waals surface area contributed by atoms with Gasteiger partial charge in [-0.15, -0.1) is 0 Å². The van der Waals surface area contributed by atoms with Gasteiger partial charge in [-0.25, -0.2) is 0 Å². The van der Waals surface area contributed by atoms with E-state index in [1.54, 1.807) is 0 Å². The molecule has 0 aliphatic heterocycles. The maximum atomic E-state index is 11.1. The summed E-state index contributed by atoms with van der Waals surface area (Å²) in [6.45, 7) is 4.08. The van der Waals surface area contributed by atoms with Crippen LogP contribution in [0, 0.1) is 11.8 Å². The molecule has 0 saturated heterocycles. The van der Waals surface area contributed by atoms with Gasteiger partial charge in [0.1, 0.15) is 0 Å². The fourth-order valence-electron chi connectivity index (χ4n) is 2.51. The van der Waals surface area contributed by atoms with Gasteiger partial charge in [-0.3, -0.25) is 4.79 Å². The van der Waals surface area contributed by atoms with Gasteiger partial charge in [0.25, 0.3) is 0 Å². The number of thioether (sulfide) groups is 1. The van der Waals surface area contributed by atoms with E-state index in [4.69, 9.17) is 5.11 Å². The lowest BCUT2D eigenvalue weighted by molar-refractivity contribution is -0.144. The van der Waals surface area contributed by atoms with Crippen LogP contribution in [0.4, 0.5) is 0 Å². The lowest BCUT2D eigenvalue weighted by atomic mass is 9.79. The fraction of sp³-hybridized carbons (Fsp3) is 0.923. The quantitative estimate of drug-likeness (QED) is 0.658. The molecule has 1 saturated carbocycles. The van der Waals surface area contributed by atoms with Gasteiger partial charge >= 0.3 is 5.97 Å². The third-order valence-corrected chi connectivity index (χ3v) is 4.46. The summed E-state index contributed by atoms with van der Waals surface area (Å²) < 4.78 is 0. The van der Waals surface area contributed by atoms with Crippen molar-refractivity contribution < 1.29 is 9.90 Å². The van der Waals surface area contributed by atoms with E-state index in [1.165, 1.54) is 24.3 Å². The smallest absolute Gasteiger partial charge is 0.306 e.